The molecule has 0 radical (unpaired) electrons. The van der Waals surface area contributed by atoms with Gasteiger partial charge < -0.3 is 4.48 Å². The van der Waals surface area contributed by atoms with Crippen LogP contribution in [0.25, 0.3) is 0 Å². The Morgan fingerprint density at radius 3 is 1.95 bits per heavy atom. The zero-order chi connectivity index (χ0) is 14.4. The third-order valence-corrected chi connectivity index (χ3v) is 6.12. The first-order valence-corrected chi connectivity index (χ1v) is 8.74. The van der Waals surface area contributed by atoms with Crippen LogP contribution >= 0.6 is 0 Å². The summed E-state index contributed by atoms with van der Waals surface area (Å²) in [5, 5.41) is 7.02. The molecule has 0 unspecified atom stereocenters. The molecule has 2 saturated carbocycles. The van der Waals surface area contributed by atoms with Gasteiger partial charge in [0.05, 0.1) is 37.2 Å². The predicted molar refractivity (Wildman–Crippen MR) is 84.4 cm³/mol. The first-order chi connectivity index (χ1) is 9.76. The van der Waals surface area contributed by atoms with Gasteiger partial charge in [0, 0.05) is 12.8 Å². The first-order valence-electron chi connectivity index (χ1n) is 8.74. The molecule has 0 atom stereocenters. The van der Waals surface area contributed by atoms with Crippen molar-refractivity contribution >= 4 is 6.01 Å². The van der Waals surface area contributed by atoms with Crippen LogP contribution < -0.4 is 0 Å². The van der Waals surface area contributed by atoms with Gasteiger partial charge in [0.2, 0.25) is 0 Å². The number of nitrogens with zero attached hydrogens (tertiary/aromatic N) is 2. The predicted octanol–water partition coefficient (Wildman–Crippen LogP) is 4.24. The van der Waals surface area contributed by atoms with Crippen molar-refractivity contribution in [3.05, 3.63) is 0 Å². The van der Waals surface area contributed by atoms with Crippen molar-refractivity contribution in [2.75, 3.05) is 13.1 Å². The molecule has 20 heavy (non-hydrogen) atoms. The van der Waals surface area contributed by atoms with E-state index in [4.69, 9.17) is 5.41 Å². The highest BCUT2D eigenvalue weighted by molar-refractivity contribution is 5.36. The highest BCUT2D eigenvalue weighted by Crippen LogP contribution is 2.37. The van der Waals surface area contributed by atoms with Gasteiger partial charge >= 0.3 is 0 Å². The summed E-state index contributed by atoms with van der Waals surface area (Å²) in [5.41, 5.74) is 0. The fourth-order valence-electron chi connectivity index (χ4n) is 4.94. The molecule has 2 rings (SSSR count). The third kappa shape index (κ3) is 3.15. The summed E-state index contributed by atoms with van der Waals surface area (Å²) < 4.78 is 1.36. The van der Waals surface area contributed by atoms with Crippen molar-refractivity contribution in [3.63, 3.8) is 0 Å². The molecule has 2 aliphatic rings. The van der Waals surface area contributed by atoms with E-state index < -0.39 is 0 Å². The number of hydrogen-bond acceptors (Lipinski definition) is 2. The molecule has 0 saturated heterocycles. The van der Waals surface area contributed by atoms with E-state index in [1.54, 1.807) is 0 Å². The van der Waals surface area contributed by atoms with E-state index >= 15 is 0 Å². The SMILES string of the molecule is CC[N+](CC)(C1CCCCC1)C1CCC(N=C=N)CC1. The highest BCUT2D eigenvalue weighted by Gasteiger charge is 2.42. The second kappa shape index (κ2) is 7.38. The minimum atomic E-state index is 0.380. The average molecular weight is 278 g/mol. The van der Waals surface area contributed by atoms with Gasteiger partial charge in [-0.3, -0.25) is 0 Å². The first kappa shape index (κ1) is 15.7. The number of quaternary nitrogens is 1. The van der Waals surface area contributed by atoms with Gasteiger partial charge in [-0.2, -0.15) is 0 Å². The van der Waals surface area contributed by atoms with E-state index in [-0.39, 0.29) is 0 Å². The minimum absolute atomic E-state index is 0.380. The number of nitrogens with one attached hydrogen (secondary N) is 1. The van der Waals surface area contributed by atoms with Crippen molar-refractivity contribution < 1.29 is 4.48 Å². The van der Waals surface area contributed by atoms with Gasteiger partial charge in [0.15, 0.2) is 0 Å². The molecule has 0 bridgehead atoms. The molecule has 2 fully saturated rings. The minimum Gasteiger partial charge on any atom is -0.319 e. The molecular formula is C17H32N3+. The number of aliphatic imine (C=N–C) groups is 1. The third-order valence-electron chi connectivity index (χ3n) is 6.12. The summed E-state index contributed by atoms with van der Waals surface area (Å²) in [5.74, 6) is 0. The fraction of sp³-hybridized carbons (Fsp3) is 0.941. The van der Waals surface area contributed by atoms with Crippen LogP contribution in [-0.2, 0) is 0 Å². The van der Waals surface area contributed by atoms with Crippen molar-refractivity contribution in [3.8, 4) is 0 Å². The van der Waals surface area contributed by atoms with Crippen LogP contribution in [0.1, 0.15) is 71.6 Å². The Hall–Kier alpha value is -0.660. The lowest BCUT2D eigenvalue weighted by atomic mass is 9.84. The topological polar surface area (TPSA) is 36.2 Å². The summed E-state index contributed by atoms with van der Waals surface area (Å²) in [6.07, 6.45) is 12.2. The quantitative estimate of drug-likeness (QED) is 0.577. The highest BCUT2D eigenvalue weighted by atomic mass is 15.4. The normalized spacial score (nSPS) is 28.9. The Labute approximate surface area is 124 Å². The number of rotatable bonds is 5. The standard InChI is InChI=1S/C17H32N3/c1-3-20(4-2,16-8-6-5-7-9-16)17-12-10-15(11-13-17)19-14-18/h15-18H,3-13H2,1-2H3/q+1. The van der Waals surface area contributed by atoms with Crippen molar-refractivity contribution in [1.29, 1.82) is 5.41 Å². The fourth-order valence-corrected chi connectivity index (χ4v) is 4.94. The second-order valence-corrected chi connectivity index (χ2v) is 6.73. The van der Waals surface area contributed by atoms with Gasteiger partial charge in [-0.1, -0.05) is 6.42 Å². The molecule has 0 spiro atoms. The zero-order valence-electron chi connectivity index (χ0n) is 13.4. The van der Waals surface area contributed by atoms with Gasteiger partial charge in [-0.15, -0.1) is 0 Å². The number of hydrogen-bond donors (Lipinski definition) is 1. The maximum atomic E-state index is 7.02. The largest absolute Gasteiger partial charge is 0.319 e. The Balaban J connectivity index is 2.06. The van der Waals surface area contributed by atoms with Crippen LogP contribution in [0.15, 0.2) is 4.99 Å². The average Bonchev–Trinajstić information content (AvgIpc) is 2.52. The van der Waals surface area contributed by atoms with Crippen molar-refractivity contribution in [2.24, 2.45) is 4.99 Å². The van der Waals surface area contributed by atoms with Crippen molar-refractivity contribution in [1.82, 2.24) is 0 Å². The van der Waals surface area contributed by atoms with Crippen LogP contribution in [0, 0.1) is 5.41 Å². The van der Waals surface area contributed by atoms with E-state index in [1.807, 2.05) is 0 Å². The Kier molecular flexibility index (Phi) is 5.80. The second-order valence-electron chi connectivity index (χ2n) is 6.73. The van der Waals surface area contributed by atoms with E-state index in [1.165, 1.54) is 75.4 Å². The smallest absolute Gasteiger partial charge is 0.0893 e. The molecule has 114 valence electrons. The molecular weight excluding hydrogens is 246 g/mol. The lowest BCUT2D eigenvalue weighted by molar-refractivity contribution is -0.973. The molecule has 0 amide bonds. The monoisotopic (exact) mass is 278 g/mol. The lowest BCUT2D eigenvalue weighted by Gasteiger charge is -2.52. The van der Waals surface area contributed by atoms with Crippen molar-refractivity contribution in [2.45, 2.75) is 89.8 Å². The van der Waals surface area contributed by atoms with Crippen LogP contribution in [0.3, 0.4) is 0 Å². The van der Waals surface area contributed by atoms with Gasteiger partial charge in [0.1, 0.15) is 0 Å². The molecule has 2 aliphatic carbocycles. The molecule has 0 aromatic rings. The van der Waals surface area contributed by atoms with E-state index in [2.05, 4.69) is 24.8 Å². The molecule has 1 N–H and O–H groups in total. The summed E-state index contributed by atoms with van der Waals surface area (Å²) in [6.45, 7) is 7.40. The van der Waals surface area contributed by atoms with Gasteiger partial charge in [-0.05, 0) is 52.4 Å². The Bertz CT molecular complexity index is 328. The molecule has 3 nitrogen and oxygen atoms in total. The molecule has 0 heterocycles. The Morgan fingerprint density at radius 2 is 1.45 bits per heavy atom. The summed E-state index contributed by atoms with van der Waals surface area (Å²) in [6, 6.07) is 4.38. The van der Waals surface area contributed by atoms with E-state index in [0.29, 0.717) is 6.04 Å². The van der Waals surface area contributed by atoms with Crippen LogP contribution in [0.5, 0.6) is 0 Å². The van der Waals surface area contributed by atoms with E-state index in [0.717, 1.165) is 12.1 Å². The molecule has 0 aromatic carbocycles. The van der Waals surface area contributed by atoms with Crippen LogP contribution in [-0.4, -0.2) is 41.7 Å². The Morgan fingerprint density at radius 1 is 0.900 bits per heavy atom. The maximum Gasteiger partial charge on any atom is 0.0893 e. The van der Waals surface area contributed by atoms with E-state index in [9.17, 15) is 0 Å². The maximum absolute atomic E-state index is 7.02. The summed E-state index contributed by atoms with van der Waals surface area (Å²) in [4.78, 5) is 4.17. The van der Waals surface area contributed by atoms with Gasteiger partial charge in [0.25, 0.3) is 0 Å². The zero-order valence-corrected chi connectivity index (χ0v) is 13.4. The summed E-state index contributed by atoms with van der Waals surface area (Å²) >= 11 is 0. The molecule has 0 aliphatic heterocycles. The van der Waals surface area contributed by atoms with Crippen LogP contribution in [0.2, 0.25) is 0 Å². The molecule has 3 heteroatoms. The van der Waals surface area contributed by atoms with Crippen LogP contribution in [0.4, 0.5) is 0 Å². The summed E-state index contributed by atoms with van der Waals surface area (Å²) in [7, 11) is 0. The van der Waals surface area contributed by atoms with Gasteiger partial charge in [-0.25, -0.2) is 10.4 Å². The molecule has 0 aromatic heterocycles. The lowest BCUT2D eigenvalue weighted by Crippen LogP contribution is -2.62.